The number of piperazine rings is 1. The number of carbonyl (C=O) groups excluding carboxylic acids is 1. The number of anilines is 1. The first-order chi connectivity index (χ1) is 10.7. The van der Waals surface area contributed by atoms with Gasteiger partial charge in [0.1, 0.15) is 0 Å². The highest BCUT2D eigenvalue weighted by Gasteiger charge is 2.25. The highest BCUT2D eigenvalue weighted by Crippen LogP contribution is 2.18. The van der Waals surface area contributed by atoms with Gasteiger partial charge in [0.25, 0.3) is 0 Å². The van der Waals surface area contributed by atoms with Crippen LogP contribution in [0.5, 0.6) is 5.88 Å². The van der Waals surface area contributed by atoms with Gasteiger partial charge in [0.2, 0.25) is 11.8 Å². The van der Waals surface area contributed by atoms with Crippen LogP contribution in [-0.4, -0.2) is 53.8 Å². The van der Waals surface area contributed by atoms with Gasteiger partial charge in [-0.2, -0.15) is 0 Å². The van der Waals surface area contributed by atoms with Crippen LogP contribution in [0.2, 0.25) is 0 Å². The van der Waals surface area contributed by atoms with E-state index in [2.05, 4.69) is 28.9 Å². The third-order valence-electron chi connectivity index (χ3n) is 4.17. The molecule has 22 heavy (non-hydrogen) atoms. The van der Waals surface area contributed by atoms with E-state index in [4.69, 9.17) is 4.74 Å². The summed E-state index contributed by atoms with van der Waals surface area (Å²) >= 11 is 0. The minimum atomic E-state index is 0.164. The summed E-state index contributed by atoms with van der Waals surface area (Å²) in [5, 5.41) is 8.26. The molecule has 1 aromatic heterocycles. The molecule has 1 amide bonds. The van der Waals surface area contributed by atoms with Crippen LogP contribution >= 0.6 is 0 Å². The Labute approximate surface area is 132 Å². The molecule has 6 nitrogen and oxygen atoms in total. The zero-order chi connectivity index (χ0) is 15.9. The maximum absolute atomic E-state index is 12.4. The minimum Gasteiger partial charge on any atom is -0.477 e. The normalized spacial score (nSPS) is 15.3. The first-order valence-corrected chi connectivity index (χ1v) is 8.19. The van der Waals surface area contributed by atoms with Crippen molar-refractivity contribution in [3.8, 4) is 5.88 Å². The highest BCUT2D eigenvalue weighted by molar-refractivity contribution is 5.79. The van der Waals surface area contributed by atoms with Crippen LogP contribution in [0.3, 0.4) is 0 Å². The maximum atomic E-state index is 12.4. The second-order valence-corrected chi connectivity index (χ2v) is 5.49. The molecule has 2 heterocycles. The number of hydrogen-bond acceptors (Lipinski definition) is 5. The van der Waals surface area contributed by atoms with Crippen molar-refractivity contribution in [3.05, 3.63) is 12.1 Å². The predicted octanol–water partition coefficient (Wildman–Crippen LogP) is 1.96. The molecule has 0 aliphatic carbocycles. The first kappa shape index (κ1) is 16.5. The summed E-state index contributed by atoms with van der Waals surface area (Å²) < 4.78 is 5.30. The van der Waals surface area contributed by atoms with E-state index in [1.54, 1.807) is 0 Å². The highest BCUT2D eigenvalue weighted by atomic mass is 16.5. The second kappa shape index (κ2) is 7.96. The van der Waals surface area contributed by atoms with Gasteiger partial charge in [-0.1, -0.05) is 13.8 Å². The molecular weight excluding hydrogens is 280 g/mol. The van der Waals surface area contributed by atoms with Gasteiger partial charge in [0.15, 0.2) is 5.82 Å². The van der Waals surface area contributed by atoms with Gasteiger partial charge >= 0.3 is 0 Å². The topological polar surface area (TPSA) is 58.6 Å². The Morgan fingerprint density at radius 3 is 2.32 bits per heavy atom. The number of aromatic nitrogens is 2. The zero-order valence-corrected chi connectivity index (χ0v) is 13.8. The first-order valence-electron chi connectivity index (χ1n) is 8.19. The van der Waals surface area contributed by atoms with Crippen molar-refractivity contribution in [2.45, 2.75) is 33.6 Å². The molecule has 0 unspecified atom stereocenters. The Bertz CT molecular complexity index is 466. The second-order valence-electron chi connectivity index (χ2n) is 5.49. The standard InChI is InChI=1S/C16H26N4O2/c1-4-13(5-2)16(21)20-11-9-19(10-12-20)14-7-8-15(18-17-14)22-6-3/h7-8,13H,4-6,9-12H2,1-3H3. The summed E-state index contributed by atoms with van der Waals surface area (Å²) in [5.74, 6) is 1.85. The Morgan fingerprint density at radius 2 is 1.82 bits per heavy atom. The average molecular weight is 306 g/mol. The summed E-state index contributed by atoms with van der Waals surface area (Å²) in [7, 11) is 0. The summed E-state index contributed by atoms with van der Waals surface area (Å²) in [6, 6.07) is 3.77. The number of hydrogen-bond donors (Lipinski definition) is 0. The van der Waals surface area contributed by atoms with Crippen LogP contribution in [0.15, 0.2) is 12.1 Å². The lowest BCUT2D eigenvalue weighted by Crippen LogP contribution is -2.50. The van der Waals surface area contributed by atoms with Gasteiger partial charge < -0.3 is 14.5 Å². The van der Waals surface area contributed by atoms with Crippen LogP contribution in [0.25, 0.3) is 0 Å². The van der Waals surface area contributed by atoms with Crippen molar-refractivity contribution < 1.29 is 9.53 Å². The molecule has 0 aromatic carbocycles. The summed E-state index contributed by atoms with van der Waals surface area (Å²) in [4.78, 5) is 16.5. The molecule has 1 aromatic rings. The van der Waals surface area contributed by atoms with Gasteiger partial charge in [-0.15, -0.1) is 10.2 Å². The van der Waals surface area contributed by atoms with E-state index in [9.17, 15) is 4.79 Å². The largest absolute Gasteiger partial charge is 0.477 e. The number of amides is 1. The summed E-state index contributed by atoms with van der Waals surface area (Å²) in [5.41, 5.74) is 0. The third kappa shape index (κ3) is 3.87. The lowest BCUT2D eigenvalue weighted by Gasteiger charge is -2.36. The Morgan fingerprint density at radius 1 is 1.14 bits per heavy atom. The van der Waals surface area contributed by atoms with Crippen LogP contribution in [0.4, 0.5) is 5.82 Å². The van der Waals surface area contributed by atoms with Crippen molar-refractivity contribution in [1.29, 1.82) is 0 Å². The van der Waals surface area contributed by atoms with Gasteiger partial charge in [-0.25, -0.2) is 0 Å². The average Bonchev–Trinajstić information content (AvgIpc) is 2.57. The molecule has 2 rings (SSSR count). The fourth-order valence-corrected chi connectivity index (χ4v) is 2.76. The molecule has 0 atom stereocenters. The summed E-state index contributed by atoms with van der Waals surface area (Å²) in [6.45, 7) is 9.78. The molecule has 1 fully saturated rings. The Balaban J connectivity index is 1.90. The fraction of sp³-hybridized carbons (Fsp3) is 0.688. The molecule has 122 valence electrons. The predicted molar refractivity (Wildman–Crippen MR) is 86.1 cm³/mol. The van der Waals surface area contributed by atoms with Gasteiger partial charge in [-0.05, 0) is 25.8 Å². The quantitative estimate of drug-likeness (QED) is 0.804. The van der Waals surface area contributed by atoms with Crippen molar-refractivity contribution in [2.24, 2.45) is 5.92 Å². The van der Waals surface area contributed by atoms with E-state index in [1.807, 2.05) is 24.0 Å². The number of carbonyl (C=O) groups is 1. The van der Waals surface area contributed by atoms with Gasteiger partial charge in [-0.3, -0.25) is 4.79 Å². The van der Waals surface area contributed by atoms with Crippen molar-refractivity contribution in [2.75, 3.05) is 37.7 Å². The van der Waals surface area contributed by atoms with Crippen molar-refractivity contribution >= 4 is 11.7 Å². The number of rotatable bonds is 6. The summed E-state index contributed by atoms with van der Waals surface area (Å²) in [6.07, 6.45) is 1.83. The van der Waals surface area contributed by atoms with Crippen LogP contribution in [0, 0.1) is 5.92 Å². The van der Waals surface area contributed by atoms with Crippen LogP contribution < -0.4 is 9.64 Å². The van der Waals surface area contributed by atoms with Crippen molar-refractivity contribution in [1.82, 2.24) is 15.1 Å². The Hall–Kier alpha value is -1.85. The lowest BCUT2D eigenvalue weighted by atomic mass is 10.0. The van der Waals surface area contributed by atoms with E-state index in [0.717, 1.165) is 44.8 Å². The molecule has 0 N–H and O–H groups in total. The maximum Gasteiger partial charge on any atom is 0.233 e. The molecule has 0 saturated carbocycles. The van der Waals surface area contributed by atoms with Crippen LogP contribution in [-0.2, 0) is 4.79 Å². The lowest BCUT2D eigenvalue weighted by molar-refractivity contribution is -0.136. The fourth-order valence-electron chi connectivity index (χ4n) is 2.76. The number of nitrogens with zero attached hydrogens (tertiary/aromatic N) is 4. The van der Waals surface area contributed by atoms with Gasteiger partial charge in [0, 0.05) is 38.2 Å². The van der Waals surface area contributed by atoms with E-state index >= 15 is 0 Å². The van der Waals surface area contributed by atoms with Crippen LogP contribution in [0.1, 0.15) is 33.6 Å². The molecule has 0 radical (unpaired) electrons. The molecule has 0 spiro atoms. The molecule has 0 bridgehead atoms. The van der Waals surface area contributed by atoms with E-state index < -0.39 is 0 Å². The van der Waals surface area contributed by atoms with E-state index in [-0.39, 0.29) is 5.92 Å². The molecule has 6 heteroatoms. The SMILES string of the molecule is CCOc1ccc(N2CCN(C(=O)C(CC)CC)CC2)nn1. The smallest absolute Gasteiger partial charge is 0.233 e. The zero-order valence-electron chi connectivity index (χ0n) is 13.8. The molecule has 1 saturated heterocycles. The van der Waals surface area contributed by atoms with Crippen molar-refractivity contribution in [3.63, 3.8) is 0 Å². The molecule has 1 aliphatic rings. The van der Waals surface area contributed by atoms with E-state index in [1.165, 1.54) is 0 Å². The third-order valence-corrected chi connectivity index (χ3v) is 4.17. The number of ether oxygens (including phenoxy) is 1. The monoisotopic (exact) mass is 306 g/mol. The Kier molecular flexibility index (Phi) is 5.98. The van der Waals surface area contributed by atoms with E-state index in [0.29, 0.717) is 18.4 Å². The minimum absolute atomic E-state index is 0.164. The van der Waals surface area contributed by atoms with Gasteiger partial charge in [0.05, 0.1) is 6.61 Å². The molecule has 1 aliphatic heterocycles. The molecular formula is C16H26N4O2.